The third-order valence-corrected chi connectivity index (χ3v) is 2.97. The number of amides is 1. The molecule has 1 aromatic heterocycles. The molecule has 132 valence electrons. The van der Waals surface area contributed by atoms with Gasteiger partial charge in [-0.25, -0.2) is 0 Å². The van der Waals surface area contributed by atoms with Crippen molar-refractivity contribution >= 4 is 35.8 Å². The highest BCUT2D eigenvalue weighted by molar-refractivity contribution is 14.0. The van der Waals surface area contributed by atoms with Crippen LogP contribution in [0.25, 0.3) is 0 Å². The lowest BCUT2D eigenvalue weighted by Crippen LogP contribution is -2.41. The topological polar surface area (TPSA) is 96.2 Å². The molecule has 0 atom stereocenters. The van der Waals surface area contributed by atoms with E-state index in [4.69, 9.17) is 0 Å². The number of rotatable bonds is 8. The summed E-state index contributed by atoms with van der Waals surface area (Å²) in [6.45, 7) is 7.97. The van der Waals surface area contributed by atoms with E-state index in [0.717, 1.165) is 18.8 Å². The molecule has 0 radical (unpaired) electrons. The van der Waals surface area contributed by atoms with Gasteiger partial charge in [0.15, 0.2) is 5.96 Å². The molecule has 0 bridgehead atoms. The predicted octanol–water partition coefficient (Wildman–Crippen LogP) is 0.538. The first-order chi connectivity index (χ1) is 10.6. The Hall–Kier alpha value is -1.39. The van der Waals surface area contributed by atoms with E-state index < -0.39 is 0 Å². The van der Waals surface area contributed by atoms with Gasteiger partial charge >= 0.3 is 0 Å². The fraction of sp³-hybridized carbons (Fsp3) is 0.714. The number of aryl methyl sites for hydroxylation is 1. The second kappa shape index (κ2) is 12.1. The molecule has 0 aliphatic carbocycles. The van der Waals surface area contributed by atoms with Gasteiger partial charge < -0.3 is 20.5 Å². The molecule has 1 heterocycles. The molecule has 0 aromatic carbocycles. The number of halogens is 1. The summed E-state index contributed by atoms with van der Waals surface area (Å²) in [5, 5.41) is 17.1. The number of aliphatic imine (C=N–C) groups is 1. The van der Waals surface area contributed by atoms with E-state index >= 15 is 0 Å². The average molecular weight is 437 g/mol. The number of aromatic nitrogens is 3. The maximum Gasteiger partial charge on any atom is 0.221 e. The third-order valence-electron chi connectivity index (χ3n) is 2.97. The van der Waals surface area contributed by atoms with E-state index in [1.807, 2.05) is 18.4 Å². The summed E-state index contributed by atoms with van der Waals surface area (Å²) in [6, 6.07) is 0.168. The van der Waals surface area contributed by atoms with Crippen LogP contribution in [-0.4, -0.2) is 52.8 Å². The molecular weight excluding hydrogens is 409 g/mol. The van der Waals surface area contributed by atoms with Crippen LogP contribution in [-0.2, 0) is 17.8 Å². The van der Waals surface area contributed by atoms with Crippen molar-refractivity contribution in [2.45, 2.75) is 46.2 Å². The average Bonchev–Trinajstić information content (AvgIpc) is 2.92. The van der Waals surface area contributed by atoms with Crippen LogP contribution < -0.4 is 16.0 Å². The first-order valence-electron chi connectivity index (χ1n) is 7.67. The maximum absolute atomic E-state index is 11.5. The molecule has 0 aliphatic heterocycles. The van der Waals surface area contributed by atoms with E-state index in [1.165, 1.54) is 0 Å². The lowest BCUT2D eigenvalue weighted by molar-refractivity contribution is -0.121. The largest absolute Gasteiger partial charge is 0.356 e. The van der Waals surface area contributed by atoms with Crippen molar-refractivity contribution in [3.8, 4) is 0 Å². The minimum absolute atomic E-state index is 0. The second-order valence-electron chi connectivity index (χ2n) is 5.19. The summed E-state index contributed by atoms with van der Waals surface area (Å²) in [6.07, 6.45) is 3.01. The Morgan fingerprint density at radius 2 is 2.04 bits per heavy atom. The fourth-order valence-electron chi connectivity index (χ4n) is 1.94. The summed E-state index contributed by atoms with van der Waals surface area (Å²) in [7, 11) is 1.71. The molecule has 9 heteroatoms. The van der Waals surface area contributed by atoms with Crippen molar-refractivity contribution in [2.75, 3.05) is 20.1 Å². The van der Waals surface area contributed by atoms with Crippen molar-refractivity contribution in [2.24, 2.45) is 4.99 Å². The smallest absolute Gasteiger partial charge is 0.221 e. The molecule has 0 saturated carbocycles. The quantitative estimate of drug-likeness (QED) is 0.314. The molecule has 1 amide bonds. The summed E-state index contributed by atoms with van der Waals surface area (Å²) < 4.78 is 2.01. The third kappa shape index (κ3) is 8.72. The Bertz CT molecular complexity index is 487. The fourth-order valence-corrected chi connectivity index (χ4v) is 1.94. The second-order valence-corrected chi connectivity index (χ2v) is 5.19. The van der Waals surface area contributed by atoms with Crippen LogP contribution in [0.2, 0.25) is 0 Å². The molecule has 8 nitrogen and oxygen atoms in total. The van der Waals surface area contributed by atoms with Crippen molar-refractivity contribution in [3.63, 3.8) is 0 Å². The van der Waals surface area contributed by atoms with Crippen molar-refractivity contribution < 1.29 is 4.79 Å². The molecule has 23 heavy (non-hydrogen) atoms. The molecule has 0 unspecified atom stereocenters. The standard InChI is InChI=1S/C14H27N7O.HI/c1-5-12-20-18-10-21(12)9-8-17-14(15-4)16-7-6-13(22)19-11(2)3;/h10-11H,5-9H2,1-4H3,(H,19,22)(H2,15,16,17);1H. The van der Waals surface area contributed by atoms with Crippen LogP contribution >= 0.6 is 24.0 Å². The first-order valence-corrected chi connectivity index (χ1v) is 7.67. The SMILES string of the molecule is CCc1nncn1CCNC(=NC)NCCC(=O)NC(C)C.I. The summed E-state index contributed by atoms with van der Waals surface area (Å²) in [5.41, 5.74) is 0. The highest BCUT2D eigenvalue weighted by atomic mass is 127. The molecule has 0 fully saturated rings. The van der Waals surface area contributed by atoms with Gasteiger partial charge in [0.25, 0.3) is 0 Å². The minimum atomic E-state index is 0. The van der Waals surface area contributed by atoms with Crippen LogP contribution in [0, 0.1) is 0 Å². The molecule has 0 saturated heterocycles. The summed E-state index contributed by atoms with van der Waals surface area (Å²) in [5.74, 6) is 1.69. The minimum Gasteiger partial charge on any atom is -0.356 e. The van der Waals surface area contributed by atoms with Crippen molar-refractivity contribution in [1.82, 2.24) is 30.7 Å². The zero-order valence-electron chi connectivity index (χ0n) is 14.3. The van der Waals surface area contributed by atoms with Crippen LogP contribution in [0.4, 0.5) is 0 Å². The number of carbonyl (C=O) groups is 1. The van der Waals surface area contributed by atoms with Gasteiger partial charge in [0.05, 0.1) is 0 Å². The monoisotopic (exact) mass is 437 g/mol. The number of carbonyl (C=O) groups excluding carboxylic acids is 1. The molecule has 3 N–H and O–H groups in total. The van der Waals surface area contributed by atoms with E-state index in [1.54, 1.807) is 13.4 Å². The number of hydrogen-bond acceptors (Lipinski definition) is 4. The highest BCUT2D eigenvalue weighted by Gasteiger charge is 2.04. The van der Waals surface area contributed by atoms with E-state index in [-0.39, 0.29) is 35.9 Å². The lowest BCUT2D eigenvalue weighted by Gasteiger charge is -2.13. The first kappa shape index (κ1) is 21.6. The van der Waals surface area contributed by atoms with Crippen LogP contribution in [0.15, 0.2) is 11.3 Å². The molecule has 0 spiro atoms. The van der Waals surface area contributed by atoms with Gasteiger partial charge in [0, 0.05) is 45.6 Å². The lowest BCUT2D eigenvalue weighted by atomic mass is 10.3. The highest BCUT2D eigenvalue weighted by Crippen LogP contribution is 1.94. The maximum atomic E-state index is 11.5. The number of hydrogen-bond donors (Lipinski definition) is 3. The molecule has 1 rings (SSSR count). The van der Waals surface area contributed by atoms with Crippen LogP contribution in [0.5, 0.6) is 0 Å². The van der Waals surface area contributed by atoms with Gasteiger partial charge in [-0.3, -0.25) is 9.79 Å². The zero-order chi connectivity index (χ0) is 16.4. The van der Waals surface area contributed by atoms with E-state index in [0.29, 0.717) is 25.5 Å². The Kier molecular flexibility index (Phi) is 11.4. The summed E-state index contributed by atoms with van der Waals surface area (Å²) in [4.78, 5) is 15.7. The van der Waals surface area contributed by atoms with Crippen molar-refractivity contribution in [1.29, 1.82) is 0 Å². The van der Waals surface area contributed by atoms with Crippen molar-refractivity contribution in [3.05, 3.63) is 12.2 Å². The van der Waals surface area contributed by atoms with Crippen LogP contribution in [0.1, 0.15) is 33.0 Å². The van der Waals surface area contributed by atoms with Gasteiger partial charge in [-0.05, 0) is 13.8 Å². The number of nitrogens with zero attached hydrogens (tertiary/aromatic N) is 4. The van der Waals surface area contributed by atoms with Gasteiger partial charge in [-0.1, -0.05) is 6.92 Å². The van der Waals surface area contributed by atoms with Crippen LogP contribution in [0.3, 0.4) is 0 Å². The van der Waals surface area contributed by atoms with Gasteiger partial charge in [-0.15, -0.1) is 34.2 Å². The van der Waals surface area contributed by atoms with E-state index in [2.05, 4.69) is 38.1 Å². The number of guanidine groups is 1. The van der Waals surface area contributed by atoms with Gasteiger partial charge in [-0.2, -0.15) is 0 Å². The Labute approximate surface area is 154 Å². The van der Waals surface area contributed by atoms with Gasteiger partial charge in [0.1, 0.15) is 12.2 Å². The Morgan fingerprint density at radius 1 is 1.35 bits per heavy atom. The molecule has 0 aliphatic rings. The Balaban J connectivity index is 0.00000484. The predicted molar refractivity (Wildman–Crippen MR) is 102 cm³/mol. The normalized spacial score (nSPS) is 11.1. The summed E-state index contributed by atoms with van der Waals surface area (Å²) >= 11 is 0. The van der Waals surface area contributed by atoms with E-state index in [9.17, 15) is 4.79 Å². The molecular formula is C14H28IN7O. The van der Waals surface area contributed by atoms with Gasteiger partial charge in [0.2, 0.25) is 5.91 Å². The number of nitrogens with one attached hydrogen (secondary N) is 3. The Morgan fingerprint density at radius 3 is 2.65 bits per heavy atom. The zero-order valence-corrected chi connectivity index (χ0v) is 16.6. The molecule has 1 aromatic rings.